The lowest BCUT2D eigenvalue weighted by molar-refractivity contribution is -0.182. The molecule has 5 N–H and O–H groups in total. The van der Waals surface area contributed by atoms with Crippen molar-refractivity contribution in [1.82, 2.24) is 16.0 Å². The molecule has 0 bridgehead atoms. The van der Waals surface area contributed by atoms with E-state index in [4.69, 9.17) is 5.73 Å². The Labute approximate surface area is 273 Å². The lowest BCUT2D eigenvalue weighted by Crippen LogP contribution is -2.63. The van der Waals surface area contributed by atoms with Crippen LogP contribution in [-0.2, 0) is 9.59 Å². The highest BCUT2D eigenvalue weighted by Crippen LogP contribution is 2.74. The molecule has 0 spiro atoms. The summed E-state index contributed by atoms with van der Waals surface area (Å²) in [6.07, 6.45) is 15.4. The summed E-state index contributed by atoms with van der Waals surface area (Å²) in [5.74, 6) is 3.79. The number of fused-ring (bicyclic) bond motifs is 5. The number of nitrogens with two attached hydrogens (primary N) is 1. The highest BCUT2D eigenvalue weighted by atomic mass is 16.1. The minimum Gasteiger partial charge on any atom is -0.355 e. The molecule has 6 nitrogen and oxygen atoms in total. The standard InChI is InChI=1S/C29H54N4O.C6H14.C3H6O/c1-6-31-15-16-32-17-18-33-25(34)20-29(30)21(2)19-28(5)24(29)11-10-23-26(3)13-8-7-9-22(26)12-14-27(23,28)4;1-4-5-6(2)3;1-3(2)4/h21-24,31-32H,6-20,30H2,1-5H3,(H,33,34);6H,4-5H2,1-3H3;1-2H3/t21?,22?,23?,24?,26?,27-,28?,29?;;/m0../s1. The molecule has 4 saturated carbocycles. The zero-order valence-electron chi connectivity index (χ0n) is 30.8. The summed E-state index contributed by atoms with van der Waals surface area (Å²) >= 11 is 0. The molecule has 7 unspecified atom stereocenters. The predicted octanol–water partition coefficient (Wildman–Crippen LogP) is 7.50. The topological polar surface area (TPSA) is 96.2 Å². The van der Waals surface area contributed by atoms with Crippen LogP contribution in [0.15, 0.2) is 0 Å². The molecule has 0 aromatic heterocycles. The van der Waals surface area contributed by atoms with Gasteiger partial charge in [0, 0.05) is 38.1 Å². The molecule has 258 valence electrons. The van der Waals surface area contributed by atoms with Gasteiger partial charge in [0.15, 0.2) is 0 Å². The van der Waals surface area contributed by atoms with Crippen molar-refractivity contribution in [1.29, 1.82) is 0 Å². The number of carbonyl (C=O) groups excluding carboxylic acids is 2. The first-order chi connectivity index (χ1) is 20.6. The number of ketones is 1. The lowest BCUT2D eigenvalue weighted by Gasteiger charge is -2.67. The SMILES string of the molecule is CC(C)=O.CCCC(C)C.CCNCCNCCNC(=O)CC1(N)C(C)CC2(C)C1CCC1C3(C)CCCCC3CC[C@@]12C. The van der Waals surface area contributed by atoms with Gasteiger partial charge in [-0.1, -0.05) is 81.1 Å². The van der Waals surface area contributed by atoms with E-state index >= 15 is 0 Å². The van der Waals surface area contributed by atoms with E-state index in [1.807, 2.05) is 0 Å². The van der Waals surface area contributed by atoms with E-state index in [2.05, 4.69) is 71.3 Å². The molecule has 4 rings (SSSR count). The van der Waals surface area contributed by atoms with E-state index in [-0.39, 0.29) is 22.6 Å². The Kier molecular flexibility index (Phi) is 15.4. The smallest absolute Gasteiger partial charge is 0.221 e. The number of carbonyl (C=O) groups is 2. The quantitative estimate of drug-likeness (QED) is 0.180. The monoisotopic (exact) mass is 619 g/mol. The van der Waals surface area contributed by atoms with Gasteiger partial charge in [0.2, 0.25) is 5.91 Å². The zero-order valence-corrected chi connectivity index (χ0v) is 30.8. The van der Waals surface area contributed by atoms with Crippen LogP contribution in [0.3, 0.4) is 0 Å². The number of rotatable bonds is 11. The predicted molar refractivity (Wildman–Crippen MR) is 188 cm³/mol. The zero-order chi connectivity index (χ0) is 33.2. The minimum absolute atomic E-state index is 0.141. The van der Waals surface area contributed by atoms with Crippen LogP contribution >= 0.6 is 0 Å². The summed E-state index contributed by atoms with van der Waals surface area (Å²) in [5, 5.41) is 9.86. The molecule has 6 heteroatoms. The average Bonchev–Trinajstić information content (AvgIpc) is 3.13. The van der Waals surface area contributed by atoms with Gasteiger partial charge < -0.3 is 26.5 Å². The second-order valence-corrected chi connectivity index (χ2v) is 16.4. The highest BCUT2D eigenvalue weighted by molar-refractivity contribution is 5.77. The highest BCUT2D eigenvalue weighted by Gasteiger charge is 2.70. The molecule has 1 amide bonds. The minimum atomic E-state index is -0.379. The number of amides is 1. The van der Waals surface area contributed by atoms with Gasteiger partial charge in [0.05, 0.1) is 0 Å². The van der Waals surface area contributed by atoms with Gasteiger partial charge >= 0.3 is 0 Å². The molecule has 4 aliphatic carbocycles. The van der Waals surface area contributed by atoms with Crippen LogP contribution < -0.4 is 21.7 Å². The first-order valence-corrected chi connectivity index (χ1v) is 18.6. The maximum atomic E-state index is 13.0. The van der Waals surface area contributed by atoms with Crippen LogP contribution in [-0.4, -0.2) is 50.0 Å². The molecule has 44 heavy (non-hydrogen) atoms. The van der Waals surface area contributed by atoms with Gasteiger partial charge in [-0.15, -0.1) is 0 Å². The van der Waals surface area contributed by atoms with Gasteiger partial charge in [0.25, 0.3) is 0 Å². The average molecular weight is 619 g/mol. The summed E-state index contributed by atoms with van der Waals surface area (Å²) in [5.41, 5.74) is 8.01. The third-order valence-corrected chi connectivity index (χ3v) is 12.8. The third kappa shape index (κ3) is 9.09. The Morgan fingerprint density at radius 3 is 2.05 bits per heavy atom. The van der Waals surface area contributed by atoms with Crippen molar-refractivity contribution in [2.24, 2.45) is 51.6 Å². The largest absolute Gasteiger partial charge is 0.355 e. The van der Waals surface area contributed by atoms with Gasteiger partial charge in [0.1, 0.15) is 5.78 Å². The molecule has 0 radical (unpaired) electrons. The summed E-state index contributed by atoms with van der Waals surface area (Å²) in [6, 6.07) is 0. The van der Waals surface area contributed by atoms with Crippen LogP contribution in [0.25, 0.3) is 0 Å². The second kappa shape index (κ2) is 17.3. The van der Waals surface area contributed by atoms with Crippen LogP contribution in [0.1, 0.15) is 146 Å². The van der Waals surface area contributed by atoms with E-state index < -0.39 is 0 Å². The first kappa shape index (κ1) is 39.2. The molecule has 0 heterocycles. The summed E-state index contributed by atoms with van der Waals surface area (Å²) in [7, 11) is 0. The summed E-state index contributed by atoms with van der Waals surface area (Å²) < 4.78 is 0. The van der Waals surface area contributed by atoms with Gasteiger partial charge in [-0.25, -0.2) is 0 Å². The molecule has 8 atom stereocenters. The second-order valence-electron chi connectivity index (χ2n) is 16.4. The third-order valence-electron chi connectivity index (χ3n) is 12.8. The molecular weight excluding hydrogens is 544 g/mol. The number of likely N-dealkylation sites (N-methyl/N-ethyl adjacent to an activating group) is 1. The van der Waals surface area contributed by atoms with E-state index in [1.165, 1.54) is 84.5 Å². The molecule has 0 saturated heterocycles. The Bertz CT molecular complexity index is 890. The van der Waals surface area contributed by atoms with Crippen molar-refractivity contribution in [3.8, 4) is 0 Å². The molecule has 0 aromatic rings. The number of hydrogen-bond donors (Lipinski definition) is 4. The molecule has 4 fully saturated rings. The van der Waals surface area contributed by atoms with Gasteiger partial charge in [-0.05, 0) is 111 Å². The van der Waals surface area contributed by atoms with Gasteiger partial charge in [-0.2, -0.15) is 0 Å². The molecular formula is C38H74N4O2. The Balaban J connectivity index is 0.000000586. The normalized spacial score (nSPS) is 37.4. The maximum absolute atomic E-state index is 13.0. The van der Waals surface area contributed by atoms with Crippen LogP contribution in [0.4, 0.5) is 0 Å². The van der Waals surface area contributed by atoms with Crippen LogP contribution in [0.5, 0.6) is 0 Å². The number of hydrogen-bond acceptors (Lipinski definition) is 5. The lowest BCUT2D eigenvalue weighted by atomic mass is 9.37. The number of Topliss-reactive ketones (excluding diaryl/α,β-unsaturated/α-hetero) is 1. The Hall–Kier alpha value is -0.980. The Morgan fingerprint density at radius 2 is 1.45 bits per heavy atom. The van der Waals surface area contributed by atoms with Crippen molar-refractivity contribution in [3.05, 3.63) is 0 Å². The van der Waals surface area contributed by atoms with Gasteiger partial charge in [-0.3, -0.25) is 4.79 Å². The van der Waals surface area contributed by atoms with E-state index in [1.54, 1.807) is 0 Å². The van der Waals surface area contributed by atoms with Crippen LogP contribution in [0.2, 0.25) is 0 Å². The van der Waals surface area contributed by atoms with Crippen LogP contribution in [0, 0.1) is 45.8 Å². The van der Waals surface area contributed by atoms with E-state index in [0.29, 0.717) is 35.6 Å². The van der Waals surface area contributed by atoms with Crippen molar-refractivity contribution in [3.63, 3.8) is 0 Å². The van der Waals surface area contributed by atoms with Crippen molar-refractivity contribution < 1.29 is 9.59 Å². The maximum Gasteiger partial charge on any atom is 0.221 e. The molecule has 0 aliphatic heterocycles. The van der Waals surface area contributed by atoms with E-state index in [0.717, 1.165) is 43.9 Å². The summed E-state index contributed by atoms with van der Waals surface area (Å²) in [6.45, 7) is 26.5. The molecule has 0 aromatic carbocycles. The van der Waals surface area contributed by atoms with Crippen molar-refractivity contribution in [2.75, 3.05) is 32.7 Å². The fourth-order valence-electron chi connectivity index (χ4n) is 10.5. The summed E-state index contributed by atoms with van der Waals surface area (Å²) in [4.78, 5) is 22.5. The molecule has 4 aliphatic rings. The Morgan fingerprint density at radius 1 is 0.841 bits per heavy atom. The fourth-order valence-corrected chi connectivity index (χ4v) is 10.5. The first-order valence-electron chi connectivity index (χ1n) is 18.6. The van der Waals surface area contributed by atoms with Crippen molar-refractivity contribution in [2.45, 2.75) is 152 Å². The van der Waals surface area contributed by atoms with E-state index in [9.17, 15) is 9.59 Å². The number of nitrogens with one attached hydrogen (secondary N) is 3. The fraction of sp³-hybridized carbons (Fsp3) is 0.947. The van der Waals surface area contributed by atoms with Crippen molar-refractivity contribution >= 4 is 11.7 Å².